The number of aromatic hydroxyl groups is 1. The van der Waals surface area contributed by atoms with Gasteiger partial charge in [-0.15, -0.1) is 0 Å². The summed E-state index contributed by atoms with van der Waals surface area (Å²) in [4.78, 5) is 19.0. The van der Waals surface area contributed by atoms with Crippen LogP contribution in [0.2, 0.25) is 0 Å². The molecular weight excluding hydrogens is 316 g/mol. The fourth-order valence-corrected chi connectivity index (χ4v) is 3.39. The van der Waals surface area contributed by atoms with E-state index in [2.05, 4.69) is 4.98 Å². The number of aromatic nitrogens is 1. The molecule has 5 heteroatoms. The molecular formula is C20H24N2O3. The van der Waals surface area contributed by atoms with Gasteiger partial charge in [0.05, 0.1) is 6.10 Å². The molecule has 2 aromatic rings. The van der Waals surface area contributed by atoms with Crippen LogP contribution in [-0.4, -0.2) is 32.1 Å². The standard InChI is InChI=1S/C20H24N2O3/c23-18-8-6-15(7-9-18)13-22(14-16-3-2-10-21-12-16)20(25)17-4-1-5-19(24)11-17/h2-3,6-10,12,17,19,23-24H,1,4-5,11,13-14H2/t17-,19+/m0/s1. The molecule has 1 aliphatic carbocycles. The number of rotatable bonds is 5. The summed E-state index contributed by atoms with van der Waals surface area (Å²) in [6.45, 7) is 0.959. The Hall–Kier alpha value is -2.40. The van der Waals surface area contributed by atoms with Crippen molar-refractivity contribution < 1.29 is 15.0 Å². The summed E-state index contributed by atoms with van der Waals surface area (Å²) in [5.41, 5.74) is 1.94. The molecule has 0 bridgehead atoms. The van der Waals surface area contributed by atoms with Crippen LogP contribution in [0.5, 0.6) is 5.75 Å². The second-order valence-corrected chi connectivity index (χ2v) is 6.74. The van der Waals surface area contributed by atoms with Crippen LogP contribution in [0.4, 0.5) is 0 Å². The number of phenolic OH excluding ortho intramolecular Hbond substituents is 1. The number of carbonyl (C=O) groups is 1. The maximum Gasteiger partial charge on any atom is 0.226 e. The minimum atomic E-state index is -0.378. The second kappa shape index (κ2) is 8.12. The third-order valence-corrected chi connectivity index (χ3v) is 4.71. The van der Waals surface area contributed by atoms with Crippen molar-refractivity contribution in [1.29, 1.82) is 0 Å². The first-order chi connectivity index (χ1) is 12.1. The lowest BCUT2D eigenvalue weighted by molar-refractivity contribution is -0.139. The molecule has 3 rings (SSSR count). The minimum Gasteiger partial charge on any atom is -0.508 e. The van der Waals surface area contributed by atoms with Crippen LogP contribution in [0.1, 0.15) is 36.8 Å². The smallest absolute Gasteiger partial charge is 0.226 e. The van der Waals surface area contributed by atoms with Crippen molar-refractivity contribution in [2.24, 2.45) is 5.92 Å². The third kappa shape index (κ3) is 4.79. The number of phenols is 1. The van der Waals surface area contributed by atoms with Gasteiger partial charge in [-0.2, -0.15) is 0 Å². The number of pyridine rings is 1. The molecule has 1 aromatic carbocycles. The molecule has 1 aliphatic rings. The molecule has 132 valence electrons. The first-order valence-electron chi connectivity index (χ1n) is 8.75. The molecule has 0 saturated heterocycles. The summed E-state index contributed by atoms with van der Waals surface area (Å²) in [5.74, 6) is 0.164. The van der Waals surface area contributed by atoms with Gasteiger partial charge in [0.2, 0.25) is 5.91 Å². The Kier molecular flexibility index (Phi) is 5.66. The van der Waals surface area contributed by atoms with E-state index in [1.165, 1.54) is 0 Å². The molecule has 2 atom stereocenters. The molecule has 25 heavy (non-hydrogen) atoms. The third-order valence-electron chi connectivity index (χ3n) is 4.71. The quantitative estimate of drug-likeness (QED) is 0.878. The maximum absolute atomic E-state index is 13.1. The Labute approximate surface area is 147 Å². The largest absolute Gasteiger partial charge is 0.508 e. The van der Waals surface area contributed by atoms with Crippen molar-refractivity contribution in [3.63, 3.8) is 0 Å². The summed E-state index contributed by atoms with van der Waals surface area (Å²) in [6, 6.07) is 10.7. The van der Waals surface area contributed by atoms with Crippen molar-refractivity contribution in [2.45, 2.75) is 44.9 Å². The van der Waals surface area contributed by atoms with Crippen LogP contribution in [0.25, 0.3) is 0 Å². The molecule has 1 saturated carbocycles. The lowest BCUT2D eigenvalue weighted by atomic mass is 9.86. The molecule has 1 amide bonds. The van der Waals surface area contributed by atoms with Gasteiger partial charge in [-0.05, 0) is 48.6 Å². The van der Waals surface area contributed by atoms with Gasteiger partial charge >= 0.3 is 0 Å². The molecule has 5 nitrogen and oxygen atoms in total. The van der Waals surface area contributed by atoms with Gasteiger partial charge in [-0.25, -0.2) is 0 Å². The van der Waals surface area contributed by atoms with Gasteiger partial charge < -0.3 is 15.1 Å². The fraction of sp³-hybridized carbons (Fsp3) is 0.400. The van der Waals surface area contributed by atoms with Gasteiger partial charge in [-0.1, -0.05) is 24.6 Å². The fourth-order valence-electron chi connectivity index (χ4n) is 3.39. The lowest BCUT2D eigenvalue weighted by Crippen LogP contribution is -2.38. The molecule has 0 aliphatic heterocycles. The van der Waals surface area contributed by atoms with E-state index < -0.39 is 0 Å². The van der Waals surface area contributed by atoms with Gasteiger partial charge in [-0.3, -0.25) is 9.78 Å². The van der Waals surface area contributed by atoms with Gasteiger partial charge in [0.1, 0.15) is 5.75 Å². The molecule has 1 aromatic heterocycles. The summed E-state index contributed by atoms with van der Waals surface area (Å²) in [5, 5.41) is 19.4. The van der Waals surface area contributed by atoms with E-state index in [0.717, 1.165) is 30.4 Å². The van der Waals surface area contributed by atoms with Crippen molar-refractivity contribution in [2.75, 3.05) is 0 Å². The normalized spacial score (nSPS) is 20.2. The number of hydrogen-bond acceptors (Lipinski definition) is 4. The van der Waals surface area contributed by atoms with E-state index in [1.54, 1.807) is 24.5 Å². The highest BCUT2D eigenvalue weighted by atomic mass is 16.3. The first-order valence-corrected chi connectivity index (χ1v) is 8.75. The SMILES string of the molecule is O=C([C@H]1CCC[C@@H](O)C1)N(Cc1ccc(O)cc1)Cc1cccnc1. The molecule has 1 heterocycles. The summed E-state index contributed by atoms with van der Waals surface area (Å²) in [7, 11) is 0. The summed E-state index contributed by atoms with van der Waals surface area (Å²) in [6.07, 6.45) is 6.14. The predicted molar refractivity (Wildman–Crippen MR) is 94.6 cm³/mol. The zero-order valence-electron chi connectivity index (χ0n) is 14.2. The zero-order chi connectivity index (χ0) is 17.6. The average Bonchev–Trinajstić information content (AvgIpc) is 2.63. The Bertz CT molecular complexity index is 688. The molecule has 0 unspecified atom stereocenters. The minimum absolute atomic E-state index is 0.0793. The molecule has 2 N–H and O–H groups in total. The van der Waals surface area contributed by atoms with Gasteiger partial charge in [0.25, 0.3) is 0 Å². The van der Waals surface area contributed by atoms with Crippen molar-refractivity contribution in [3.8, 4) is 5.75 Å². The Balaban J connectivity index is 1.77. The second-order valence-electron chi connectivity index (χ2n) is 6.74. The predicted octanol–water partition coefficient (Wildman–Crippen LogP) is 2.87. The zero-order valence-corrected chi connectivity index (χ0v) is 14.2. The topological polar surface area (TPSA) is 73.7 Å². The van der Waals surface area contributed by atoms with Crippen LogP contribution in [-0.2, 0) is 17.9 Å². The monoisotopic (exact) mass is 340 g/mol. The Morgan fingerprint density at radius 3 is 2.56 bits per heavy atom. The first kappa shape index (κ1) is 17.4. The van der Waals surface area contributed by atoms with E-state index >= 15 is 0 Å². The van der Waals surface area contributed by atoms with Crippen molar-refractivity contribution in [3.05, 3.63) is 59.9 Å². The van der Waals surface area contributed by atoms with E-state index in [9.17, 15) is 15.0 Å². The highest BCUT2D eigenvalue weighted by Crippen LogP contribution is 2.27. The number of carbonyl (C=O) groups excluding carboxylic acids is 1. The average molecular weight is 340 g/mol. The number of amides is 1. The van der Waals surface area contributed by atoms with Gasteiger partial charge in [0, 0.05) is 31.4 Å². The number of hydrogen-bond donors (Lipinski definition) is 2. The van der Waals surface area contributed by atoms with Crippen LogP contribution >= 0.6 is 0 Å². The molecule has 0 radical (unpaired) electrons. The number of nitrogens with zero attached hydrogens (tertiary/aromatic N) is 2. The van der Waals surface area contributed by atoms with Crippen LogP contribution in [0.3, 0.4) is 0 Å². The number of aliphatic hydroxyl groups is 1. The van der Waals surface area contributed by atoms with Crippen molar-refractivity contribution in [1.82, 2.24) is 9.88 Å². The van der Waals surface area contributed by atoms with Gasteiger partial charge in [0.15, 0.2) is 0 Å². The van der Waals surface area contributed by atoms with E-state index in [1.807, 2.05) is 29.2 Å². The molecule has 1 fully saturated rings. The van der Waals surface area contributed by atoms with Crippen molar-refractivity contribution >= 4 is 5.91 Å². The van der Waals surface area contributed by atoms with Crippen LogP contribution < -0.4 is 0 Å². The number of aliphatic hydroxyl groups excluding tert-OH is 1. The van der Waals surface area contributed by atoms with E-state index in [4.69, 9.17) is 0 Å². The van der Waals surface area contributed by atoms with Crippen LogP contribution in [0.15, 0.2) is 48.8 Å². The number of benzene rings is 1. The summed E-state index contributed by atoms with van der Waals surface area (Å²) >= 11 is 0. The Morgan fingerprint density at radius 1 is 1.12 bits per heavy atom. The van der Waals surface area contributed by atoms with Crippen LogP contribution in [0, 0.1) is 5.92 Å². The highest BCUT2D eigenvalue weighted by Gasteiger charge is 2.29. The maximum atomic E-state index is 13.1. The Morgan fingerprint density at radius 2 is 1.88 bits per heavy atom. The summed E-state index contributed by atoms with van der Waals surface area (Å²) < 4.78 is 0. The van der Waals surface area contributed by atoms with E-state index in [-0.39, 0.29) is 23.7 Å². The highest BCUT2D eigenvalue weighted by molar-refractivity contribution is 5.79. The lowest BCUT2D eigenvalue weighted by Gasteiger charge is -2.31. The van der Waals surface area contributed by atoms with E-state index in [0.29, 0.717) is 19.5 Å². The molecule has 0 spiro atoms.